The lowest BCUT2D eigenvalue weighted by Gasteiger charge is -2.51. The third-order valence-electron chi connectivity index (χ3n) is 10.3. The molecular weight excluding hydrogens is 896 g/mol. The van der Waals surface area contributed by atoms with Crippen molar-refractivity contribution in [3.05, 3.63) is 0 Å². The van der Waals surface area contributed by atoms with Gasteiger partial charge >= 0.3 is 5.97 Å². The number of carboxylic acid groups (broad SMARTS) is 1. The molecule has 29 nitrogen and oxygen atoms in total. The molecule has 360 valence electrons. The summed E-state index contributed by atoms with van der Waals surface area (Å²) in [6.07, 6.45) is -40.5. The number of aliphatic carboxylic acids is 1. The van der Waals surface area contributed by atoms with Crippen LogP contribution in [-0.4, -0.2) is 246 Å². The standard InChI is InChI=1S/C31H52N2O27S2/c1-8-17(39)20(42)21(43)28(54-8)58-25-16(33-10(3)36)27(45)55-14(7-62(51,52)53)23(25)57-29-22(44)26(19(41)13(56-29)6-61(48,49)50)60-31(30(46)47)4-11(37)15(32-9(2)35)24(59-31)18(40)12(38)5-34/h8,11-29,34,37-45H,4-7H2,1-3H3,(H,32,35)(H,33,36)(H,46,47)(H,48,49,50)(H,51,52,53)/t8-,11-,12+,13+,14+,15+,16+,17+,18+,19-,20+,21-,22+,23+,24+,25+,26-,27+,28-,29-,31-/m0/s1. The predicted octanol–water partition coefficient (Wildman–Crippen LogP) is -9.44. The number of nitrogens with one attached hydrogen (secondary N) is 2. The number of amides is 2. The first-order chi connectivity index (χ1) is 28.5. The number of hydrogen-bond donors (Lipinski definition) is 15. The number of rotatable bonds is 16. The van der Waals surface area contributed by atoms with Gasteiger partial charge in [-0.05, 0) is 6.92 Å². The van der Waals surface area contributed by atoms with Gasteiger partial charge in [0.05, 0.1) is 24.9 Å². The fourth-order valence-corrected chi connectivity index (χ4v) is 8.75. The zero-order valence-electron chi connectivity index (χ0n) is 32.7. The number of carboxylic acids is 1. The van der Waals surface area contributed by atoms with Gasteiger partial charge < -0.3 is 100.0 Å². The van der Waals surface area contributed by atoms with E-state index in [0.717, 1.165) is 13.8 Å². The molecule has 4 rings (SSSR count). The topological polar surface area (TPSA) is 471 Å². The summed E-state index contributed by atoms with van der Waals surface area (Å²) >= 11 is 0. The summed E-state index contributed by atoms with van der Waals surface area (Å²) in [5, 5.41) is 122. The van der Waals surface area contributed by atoms with E-state index in [-0.39, 0.29) is 0 Å². The molecule has 4 aliphatic rings. The SMILES string of the molecule is CC(=O)N[C@@H]1[C@@H](O[C@@H]2O[C@@H](C)[C@@H](O)[C@@H](O)[C@@H]2O)[C@H](O[C@@H]2O[C@H](CS(=O)(=O)O)[C@H](O)[C@H](O[C@]3(C(=O)O)C[C@H](O)[C@@H](NC(C)=O)[C@H]([C@H](O)[C@H](O)CO)O3)[C@H]2O)[C@@H](CS(=O)(=O)O)O[C@H]1O. The highest BCUT2D eigenvalue weighted by atomic mass is 32.2. The molecule has 0 aromatic carbocycles. The van der Waals surface area contributed by atoms with Crippen molar-refractivity contribution in [1.29, 1.82) is 0 Å². The summed E-state index contributed by atoms with van der Waals surface area (Å²) in [4.78, 5) is 37.3. The van der Waals surface area contributed by atoms with Crippen LogP contribution in [0.3, 0.4) is 0 Å². The minimum atomic E-state index is -5.21. The molecule has 4 saturated heterocycles. The molecule has 0 aliphatic carbocycles. The van der Waals surface area contributed by atoms with E-state index in [9.17, 15) is 96.5 Å². The summed E-state index contributed by atoms with van der Waals surface area (Å²) in [7, 11) is -10.4. The number of carbonyl (C=O) groups is 3. The second kappa shape index (κ2) is 20.4. The van der Waals surface area contributed by atoms with Crippen LogP contribution in [0.5, 0.6) is 0 Å². The molecule has 21 atom stereocenters. The monoisotopic (exact) mass is 948 g/mol. The lowest BCUT2D eigenvalue weighted by molar-refractivity contribution is -0.385. The smallest absolute Gasteiger partial charge is 0.364 e. The lowest BCUT2D eigenvalue weighted by Crippen LogP contribution is -2.71. The molecular formula is C31H52N2O27S2. The summed E-state index contributed by atoms with van der Waals surface area (Å²) in [5.74, 6) is -10.5. The lowest BCUT2D eigenvalue weighted by atomic mass is 9.88. The largest absolute Gasteiger partial charge is 0.477 e. The Hall–Kier alpha value is -2.45. The third-order valence-corrected chi connectivity index (χ3v) is 11.8. The van der Waals surface area contributed by atoms with Gasteiger partial charge in [-0.15, -0.1) is 0 Å². The van der Waals surface area contributed by atoms with E-state index in [1.54, 1.807) is 0 Å². The van der Waals surface area contributed by atoms with Gasteiger partial charge in [-0.3, -0.25) is 18.7 Å². The van der Waals surface area contributed by atoms with Crippen LogP contribution in [0.25, 0.3) is 0 Å². The number of aliphatic hydroxyl groups excluding tert-OH is 10. The van der Waals surface area contributed by atoms with E-state index < -0.39 is 191 Å². The van der Waals surface area contributed by atoms with E-state index in [1.165, 1.54) is 6.92 Å². The van der Waals surface area contributed by atoms with Crippen LogP contribution in [0.4, 0.5) is 0 Å². The Balaban J connectivity index is 1.83. The molecule has 0 saturated carbocycles. The van der Waals surface area contributed by atoms with Gasteiger partial charge in [-0.1, -0.05) is 0 Å². The van der Waals surface area contributed by atoms with Crippen molar-refractivity contribution >= 4 is 38.0 Å². The van der Waals surface area contributed by atoms with E-state index in [2.05, 4.69) is 10.6 Å². The molecule has 0 unspecified atom stereocenters. The van der Waals surface area contributed by atoms with Gasteiger partial charge in [0.25, 0.3) is 26.0 Å². The van der Waals surface area contributed by atoms with Crippen molar-refractivity contribution in [2.75, 3.05) is 18.1 Å². The van der Waals surface area contributed by atoms with Crippen molar-refractivity contribution in [1.82, 2.24) is 10.6 Å². The molecule has 15 N–H and O–H groups in total. The van der Waals surface area contributed by atoms with Crippen LogP contribution in [0.2, 0.25) is 0 Å². The summed E-state index contributed by atoms with van der Waals surface area (Å²) < 4.78 is 107. The van der Waals surface area contributed by atoms with Crippen molar-refractivity contribution in [3.63, 3.8) is 0 Å². The molecule has 0 spiro atoms. The molecule has 0 bridgehead atoms. The number of aliphatic hydroxyl groups is 10. The number of hydrogen-bond acceptors (Lipinski definition) is 24. The van der Waals surface area contributed by atoms with Gasteiger partial charge in [0.1, 0.15) is 96.9 Å². The predicted molar refractivity (Wildman–Crippen MR) is 192 cm³/mol. The average Bonchev–Trinajstić information content (AvgIpc) is 3.14. The van der Waals surface area contributed by atoms with Crippen molar-refractivity contribution in [2.24, 2.45) is 0 Å². The molecule has 0 aromatic rings. The van der Waals surface area contributed by atoms with Crippen molar-refractivity contribution < 1.29 is 130 Å². The van der Waals surface area contributed by atoms with Gasteiger partial charge in [0.2, 0.25) is 11.8 Å². The van der Waals surface area contributed by atoms with Gasteiger partial charge in [0, 0.05) is 20.3 Å². The normalized spacial score (nSPS) is 43.0. The van der Waals surface area contributed by atoms with Crippen LogP contribution in [0.15, 0.2) is 0 Å². The second-order valence-electron chi connectivity index (χ2n) is 15.2. The molecule has 0 radical (unpaired) electrons. The van der Waals surface area contributed by atoms with E-state index >= 15 is 0 Å². The molecule has 31 heteroatoms. The minimum absolute atomic E-state index is 0.872. The maximum Gasteiger partial charge on any atom is 0.364 e. The fraction of sp³-hybridized carbons (Fsp3) is 0.903. The number of carbonyl (C=O) groups excluding carboxylic acids is 2. The molecule has 62 heavy (non-hydrogen) atoms. The second-order valence-corrected chi connectivity index (χ2v) is 18.2. The first-order valence-electron chi connectivity index (χ1n) is 18.5. The van der Waals surface area contributed by atoms with Crippen LogP contribution in [0.1, 0.15) is 27.2 Å². The summed E-state index contributed by atoms with van der Waals surface area (Å²) in [5.41, 5.74) is 0. The maximum atomic E-state index is 13.0. The molecule has 4 heterocycles. The Bertz CT molecular complexity index is 1790. The highest BCUT2D eigenvalue weighted by Gasteiger charge is 2.61. The van der Waals surface area contributed by atoms with Crippen molar-refractivity contribution in [3.8, 4) is 0 Å². The zero-order valence-corrected chi connectivity index (χ0v) is 34.4. The van der Waals surface area contributed by atoms with E-state index in [4.69, 9.17) is 33.2 Å². The van der Waals surface area contributed by atoms with Gasteiger partial charge in [-0.2, -0.15) is 16.8 Å². The van der Waals surface area contributed by atoms with E-state index in [0.29, 0.717) is 0 Å². The molecule has 0 aromatic heterocycles. The zero-order chi connectivity index (χ0) is 47.0. The van der Waals surface area contributed by atoms with E-state index in [1.807, 2.05) is 0 Å². The van der Waals surface area contributed by atoms with Crippen LogP contribution in [-0.2, 0) is 67.8 Å². The van der Waals surface area contributed by atoms with Crippen LogP contribution < -0.4 is 10.6 Å². The maximum absolute atomic E-state index is 13.0. The quantitative estimate of drug-likeness (QED) is 0.0639. The fourth-order valence-electron chi connectivity index (χ4n) is 7.38. The first kappa shape index (κ1) is 52.2. The highest BCUT2D eigenvalue weighted by molar-refractivity contribution is 7.86. The summed E-state index contributed by atoms with van der Waals surface area (Å²) in [6.45, 7) is 1.91. The highest BCUT2D eigenvalue weighted by Crippen LogP contribution is 2.39. The Labute approximate surface area is 351 Å². The molecule has 2 amide bonds. The average molecular weight is 949 g/mol. The Morgan fingerprint density at radius 1 is 0.726 bits per heavy atom. The molecule has 4 aliphatic heterocycles. The van der Waals surface area contributed by atoms with Gasteiger partial charge in [0.15, 0.2) is 18.9 Å². The van der Waals surface area contributed by atoms with Crippen molar-refractivity contribution in [2.45, 2.75) is 155 Å². The third kappa shape index (κ3) is 12.3. The van der Waals surface area contributed by atoms with Crippen LogP contribution >= 0.6 is 0 Å². The first-order valence-corrected chi connectivity index (χ1v) is 21.8. The molecule has 4 fully saturated rings. The summed E-state index contributed by atoms with van der Waals surface area (Å²) in [6, 6.07) is -3.64. The number of ether oxygens (including phenoxy) is 7. The Morgan fingerprint density at radius 3 is 1.79 bits per heavy atom. The van der Waals surface area contributed by atoms with Crippen LogP contribution in [0, 0.1) is 0 Å². The minimum Gasteiger partial charge on any atom is -0.477 e. The Kier molecular flexibility index (Phi) is 17.1. The Morgan fingerprint density at radius 2 is 1.26 bits per heavy atom. The van der Waals surface area contributed by atoms with Gasteiger partial charge in [-0.25, -0.2) is 4.79 Å².